The summed E-state index contributed by atoms with van der Waals surface area (Å²) in [6.07, 6.45) is 0. The van der Waals surface area contributed by atoms with E-state index in [1.807, 2.05) is 53.8 Å². The molecule has 0 bridgehead atoms. The van der Waals surface area contributed by atoms with Crippen LogP contribution in [-0.2, 0) is 0 Å². The molecule has 0 fully saturated rings. The number of oxazole rings is 1. The number of fused-ring (bicyclic) bond motifs is 9. The highest BCUT2D eigenvalue weighted by Crippen LogP contribution is 2.43. The molecule has 0 radical (unpaired) electrons. The van der Waals surface area contributed by atoms with Crippen LogP contribution in [-0.4, -0.2) is 4.98 Å². The first-order chi connectivity index (χ1) is 28.7. The topological polar surface area (TPSA) is 42.4 Å². The van der Waals surface area contributed by atoms with Crippen LogP contribution in [0.1, 0.15) is 0 Å². The highest BCUT2D eigenvalue weighted by Gasteiger charge is 2.19. The number of rotatable bonds is 6. The van der Waals surface area contributed by atoms with Crippen molar-refractivity contribution >= 4 is 92.4 Å². The summed E-state index contributed by atoms with van der Waals surface area (Å²) < 4.78 is 15.1. The van der Waals surface area contributed by atoms with Crippen LogP contribution in [0.3, 0.4) is 0 Å². The predicted octanol–water partition coefficient (Wildman–Crippen LogP) is 15.7. The van der Waals surface area contributed by atoms with Crippen molar-refractivity contribution in [2.45, 2.75) is 0 Å². The van der Waals surface area contributed by atoms with Gasteiger partial charge >= 0.3 is 0 Å². The largest absolute Gasteiger partial charge is 0.456 e. The minimum atomic E-state index is 0.600. The van der Waals surface area contributed by atoms with Gasteiger partial charge < -0.3 is 13.7 Å². The molecule has 0 saturated carbocycles. The summed E-state index contributed by atoms with van der Waals surface area (Å²) in [6.45, 7) is 0. The summed E-state index contributed by atoms with van der Waals surface area (Å²) in [5.74, 6) is 0.600. The molecule has 0 aliphatic heterocycles. The van der Waals surface area contributed by atoms with Gasteiger partial charge in [-0.25, -0.2) is 4.98 Å². The molecular formula is C53H32N2O2S. The summed E-state index contributed by atoms with van der Waals surface area (Å²) in [5.41, 5.74) is 12.0. The standard InChI is InChI=1S/C53H32N2O2S/c1-2-10-36(11-3-1)53-54-52-48(57-53)30-29-47-51(52)45-31-37(21-28-46(45)56-47)33-17-22-38(23-18-33)55(40-26-27-44-43-14-6-7-16-49(43)58-50(44)32-40)39-24-19-35(20-25-39)42-15-8-12-34-9-4-5-13-41(34)42/h1-32H. The molecule has 12 rings (SSSR count). The molecule has 4 nitrogen and oxygen atoms in total. The van der Waals surface area contributed by atoms with Gasteiger partial charge in [-0.15, -0.1) is 11.3 Å². The molecule has 272 valence electrons. The van der Waals surface area contributed by atoms with Gasteiger partial charge in [-0.3, -0.25) is 0 Å². The fourth-order valence-electron chi connectivity index (χ4n) is 8.51. The molecule has 3 heterocycles. The number of benzene rings is 9. The van der Waals surface area contributed by atoms with E-state index in [0.29, 0.717) is 5.89 Å². The lowest BCUT2D eigenvalue weighted by Crippen LogP contribution is -2.09. The summed E-state index contributed by atoms with van der Waals surface area (Å²) >= 11 is 1.84. The first-order valence-electron chi connectivity index (χ1n) is 19.4. The molecule has 0 unspecified atom stereocenters. The Labute approximate surface area is 337 Å². The van der Waals surface area contributed by atoms with Gasteiger partial charge in [0.1, 0.15) is 16.7 Å². The Morgan fingerprint density at radius 1 is 0.397 bits per heavy atom. The van der Waals surface area contributed by atoms with Crippen molar-refractivity contribution in [2.75, 3.05) is 4.90 Å². The van der Waals surface area contributed by atoms with Crippen LogP contribution in [0, 0.1) is 0 Å². The molecule has 0 saturated heterocycles. The Balaban J connectivity index is 0.952. The average molecular weight is 761 g/mol. The molecule has 5 heteroatoms. The Morgan fingerprint density at radius 2 is 1.05 bits per heavy atom. The van der Waals surface area contributed by atoms with Crippen LogP contribution in [0.5, 0.6) is 0 Å². The zero-order valence-corrected chi connectivity index (χ0v) is 31.9. The molecule has 12 aromatic rings. The van der Waals surface area contributed by atoms with Crippen molar-refractivity contribution in [2.24, 2.45) is 0 Å². The molecule has 0 N–H and O–H groups in total. The van der Waals surface area contributed by atoms with Gasteiger partial charge in [0.25, 0.3) is 0 Å². The summed E-state index contributed by atoms with van der Waals surface area (Å²) in [4.78, 5) is 7.32. The fourth-order valence-corrected chi connectivity index (χ4v) is 9.65. The van der Waals surface area contributed by atoms with Crippen LogP contribution in [0.4, 0.5) is 17.1 Å². The highest BCUT2D eigenvalue weighted by atomic mass is 32.1. The van der Waals surface area contributed by atoms with Gasteiger partial charge in [0.15, 0.2) is 5.58 Å². The fraction of sp³-hybridized carbons (Fsp3) is 0. The second-order valence-corrected chi connectivity index (χ2v) is 15.8. The van der Waals surface area contributed by atoms with Crippen LogP contribution in [0.15, 0.2) is 203 Å². The van der Waals surface area contributed by atoms with E-state index in [4.69, 9.17) is 13.8 Å². The van der Waals surface area contributed by atoms with E-state index in [0.717, 1.165) is 66.8 Å². The van der Waals surface area contributed by atoms with E-state index in [-0.39, 0.29) is 0 Å². The van der Waals surface area contributed by atoms with E-state index in [1.165, 1.54) is 42.1 Å². The molecule has 3 aromatic heterocycles. The monoisotopic (exact) mass is 760 g/mol. The third kappa shape index (κ3) is 5.32. The van der Waals surface area contributed by atoms with Crippen molar-refractivity contribution < 1.29 is 8.83 Å². The van der Waals surface area contributed by atoms with E-state index in [1.54, 1.807) is 0 Å². The molecule has 0 atom stereocenters. The lowest BCUT2D eigenvalue weighted by Gasteiger charge is -2.26. The van der Waals surface area contributed by atoms with Gasteiger partial charge in [0.05, 0.1) is 5.39 Å². The minimum absolute atomic E-state index is 0.600. The van der Waals surface area contributed by atoms with Crippen molar-refractivity contribution in [3.8, 4) is 33.7 Å². The first-order valence-corrected chi connectivity index (χ1v) is 20.2. The van der Waals surface area contributed by atoms with Crippen LogP contribution in [0.25, 0.3) is 97.7 Å². The number of furan rings is 1. The normalized spacial score (nSPS) is 11.8. The maximum absolute atomic E-state index is 6.33. The quantitative estimate of drug-likeness (QED) is 0.169. The summed E-state index contributed by atoms with van der Waals surface area (Å²) in [5, 5.41) is 7.06. The number of hydrogen-bond donors (Lipinski definition) is 0. The van der Waals surface area contributed by atoms with Crippen molar-refractivity contribution in [3.63, 3.8) is 0 Å². The molecular weight excluding hydrogens is 729 g/mol. The van der Waals surface area contributed by atoms with Crippen molar-refractivity contribution in [1.82, 2.24) is 4.98 Å². The van der Waals surface area contributed by atoms with Gasteiger partial charge in [-0.05, 0) is 112 Å². The number of hydrogen-bond acceptors (Lipinski definition) is 5. The second kappa shape index (κ2) is 13.1. The molecule has 9 aromatic carbocycles. The number of anilines is 3. The van der Waals surface area contributed by atoms with E-state index in [9.17, 15) is 0 Å². The minimum Gasteiger partial charge on any atom is -0.456 e. The maximum Gasteiger partial charge on any atom is 0.227 e. The van der Waals surface area contributed by atoms with Crippen molar-refractivity contribution in [3.05, 3.63) is 194 Å². The van der Waals surface area contributed by atoms with Gasteiger partial charge in [0, 0.05) is 48.2 Å². The molecule has 0 spiro atoms. The zero-order valence-electron chi connectivity index (χ0n) is 31.1. The number of aromatic nitrogens is 1. The lowest BCUT2D eigenvalue weighted by atomic mass is 9.98. The van der Waals surface area contributed by atoms with Gasteiger partial charge in [-0.1, -0.05) is 115 Å². The van der Waals surface area contributed by atoms with E-state index < -0.39 is 0 Å². The molecule has 0 aliphatic carbocycles. The van der Waals surface area contributed by atoms with Crippen LogP contribution in [0.2, 0.25) is 0 Å². The Kier molecular flexibility index (Phi) is 7.37. The van der Waals surface area contributed by atoms with E-state index >= 15 is 0 Å². The lowest BCUT2D eigenvalue weighted by molar-refractivity contribution is 0.619. The van der Waals surface area contributed by atoms with Crippen molar-refractivity contribution in [1.29, 1.82) is 0 Å². The third-order valence-corrected chi connectivity index (χ3v) is 12.5. The van der Waals surface area contributed by atoms with Gasteiger partial charge in [0.2, 0.25) is 5.89 Å². The number of thiophene rings is 1. The summed E-state index contributed by atoms with van der Waals surface area (Å²) in [7, 11) is 0. The highest BCUT2D eigenvalue weighted by molar-refractivity contribution is 7.25. The smallest absolute Gasteiger partial charge is 0.227 e. The predicted molar refractivity (Wildman–Crippen MR) is 243 cm³/mol. The molecule has 0 aliphatic rings. The third-order valence-electron chi connectivity index (χ3n) is 11.3. The molecule has 0 amide bonds. The first kappa shape index (κ1) is 32.7. The molecule has 58 heavy (non-hydrogen) atoms. The van der Waals surface area contributed by atoms with Crippen LogP contribution < -0.4 is 4.90 Å². The second-order valence-electron chi connectivity index (χ2n) is 14.7. The van der Waals surface area contributed by atoms with Crippen LogP contribution >= 0.6 is 11.3 Å². The zero-order chi connectivity index (χ0) is 38.2. The van der Waals surface area contributed by atoms with Gasteiger partial charge in [-0.2, -0.15) is 0 Å². The Hall–Kier alpha value is -7.47. The maximum atomic E-state index is 6.33. The Bertz CT molecular complexity index is 3500. The average Bonchev–Trinajstić information content (AvgIpc) is 4.00. The number of nitrogens with zero attached hydrogens (tertiary/aromatic N) is 2. The van der Waals surface area contributed by atoms with E-state index in [2.05, 4.69) is 157 Å². The Morgan fingerprint density at radius 3 is 1.90 bits per heavy atom. The summed E-state index contributed by atoms with van der Waals surface area (Å²) in [6, 6.07) is 68.9. The SMILES string of the molecule is c1ccc(-c2nc3c(ccc4oc5ccc(-c6ccc(N(c7ccc(-c8cccc9ccccc89)cc7)c7ccc8c(c7)sc7ccccc78)cc6)cc5c43)o2)cc1.